The van der Waals surface area contributed by atoms with Crippen molar-refractivity contribution in [3.05, 3.63) is 64.7 Å². The smallest absolute Gasteiger partial charge is 0.250 e. The SMILES string of the molecule is CC(C)c1ccc(/C=N/NC(=O)CSc2nnc(-c3cccc(Cl)c3)n2C)cc1. The Morgan fingerprint density at radius 1 is 1.24 bits per heavy atom. The summed E-state index contributed by atoms with van der Waals surface area (Å²) >= 11 is 7.34. The molecule has 0 saturated carbocycles. The average Bonchev–Trinajstić information content (AvgIpc) is 3.07. The number of benzene rings is 2. The fraction of sp³-hybridized carbons (Fsp3) is 0.238. The van der Waals surface area contributed by atoms with Gasteiger partial charge in [0.15, 0.2) is 11.0 Å². The van der Waals surface area contributed by atoms with Gasteiger partial charge in [0.25, 0.3) is 5.91 Å². The van der Waals surface area contributed by atoms with E-state index in [0.29, 0.717) is 21.9 Å². The van der Waals surface area contributed by atoms with E-state index in [1.807, 2.05) is 41.9 Å². The minimum Gasteiger partial charge on any atom is -0.305 e. The summed E-state index contributed by atoms with van der Waals surface area (Å²) in [6, 6.07) is 15.5. The number of nitrogens with one attached hydrogen (secondary N) is 1. The zero-order valence-electron chi connectivity index (χ0n) is 16.5. The van der Waals surface area contributed by atoms with Crippen LogP contribution in [-0.4, -0.2) is 32.6 Å². The average molecular weight is 428 g/mol. The fourth-order valence-corrected chi connectivity index (χ4v) is 3.52. The van der Waals surface area contributed by atoms with Crippen molar-refractivity contribution in [3.8, 4) is 11.4 Å². The summed E-state index contributed by atoms with van der Waals surface area (Å²) in [5.41, 5.74) is 5.61. The lowest BCUT2D eigenvalue weighted by molar-refractivity contribution is -0.118. The fourth-order valence-electron chi connectivity index (χ4n) is 2.63. The van der Waals surface area contributed by atoms with Gasteiger partial charge in [0.1, 0.15) is 0 Å². The topological polar surface area (TPSA) is 72.2 Å². The van der Waals surface area contributed by atoms with Gasteiger partial charge in [-0.3, -0.25) is 4.79 Å². The van der Waals surface area contributed by atoms with Crippen LogP contribution >= 0.6 is 23.4 Å². The molecule has 1 heterocycles. The van der Waals surface area contributed by atoms with Crippen molar-refractivity contribution in [3.63, 3.8) is 0 Å². The molecule has 1 amide bonds. The molecule has 0 atom stereocenters. The Kier molecular flexibility index (Phi) is 7.06. The number of hydrogen-bond donors (Lipinski definition) is 1. The molecular weight excluding hydrogens is 406 g/mol. The molecule has 0 radical (unpaired) electrons. The van der Waals surface area contributed by atoms with Crippen molar-refractivity contribution in [1.82, 2.24) is 20.2 Å². The van der Waals surface area contributed by atoms with Crippen molar-refractivity contribution < 1.29 is 4.79 Å². The second kappa shape index (κ2) is 9.71. The molecule has 0 unspecified atom stereocenters. The summed E-state index contributed by atoms with van der Waals surface area (Å²) in [6.07, 6.45) is 1.63. The Balaban J connectivity index is 1.53. The third kappa shape index (κ3) is 5.68. The standard InChI is InChI=1S/C21H22ClN5OS/c1-14(2)16-9-7-15(8-10-16)12-23-24-19(28)13-29-21-26-25-20(27(21)3)17-5-4-6-18(22)11-17/h4-12,14H,13H2,1-3H3,(H,24,28)/b23-12+. The van der Waals surface area contributed by atoms with Crippen LogP contribution in [0.2, 0.25) is 5.02 Å². The number of hydrazone groups is 1. The monoisotopic (exact) mass is 427 g/mol. The number of aromatic nitrogens is 3. The molecule has 2 aromatic carbocycles. The van der Waals surface area contributed by atoms with Gasteiger partial charge in [-0.1, -0.05) is 73.6 Å². The Morgan fingerprint density at radius 3 is 2.69 bits per heavy atom. The van der Waals surface area contributed by atoms with Gasteiger partial charge in [-0.2, -0.15) is 5.10 Å². The van der Waals surface area contributed by atoms with Crippen LogP contribution in [0.3, 0.4) is 0 Å². The van der Waals surface area contributed by atoms with E-state index < -0.39 is 0 Å². The van der Waals surface area contributed by atoms with Crippen molar-refractivity contribution in [2.24, 2.45) is 12.1 Å². The van der Waals surface area contributed by atoms with Crippen molar-refractivity contribution in [1.29, 1.82) is 0 Å². The van der Waals surface area contributed by atoms with Crippen LogP contribution in [0, 0.1) is 0 Å². The third-order valence-electron chi connectivity index (χ3n) is 4.26. The lowest BCUT2D eigenvalue weighted by Gasteiger charge is -2.05. The molecule has 1 aromatic heterocycles. The van der Waals surface area contributed by atoms with Gasteiger partial charge in [0.05, 0.1) is 12.0 Å². The highest BCUT2D eigenvalue weighted by molar-refractivity contribution is 7.99. The van der Waals surface area contributed by atoms with Gasteiger partial charge in [0, 0.05) is 17.6 Å². The number of carbonyl (C=O) groups is 1. The summed E-state index contributed by atoms with van der Waals surface area (Å²) in [5.74, 6) is 1.15. The normalized spacial score (nSPS) is 11.3. The van der Waals surface area contributed by atoms with Gasteiger partial charge < -0.3 is 4.57 Å². The maximum atomic E-state index is 12.1. The van der Waals surface area contributed by atoms with Crippen LogP contribution < -0.4 is 5.43 Å². The van der Waals surface area contributed by atoms with Gasteiger partial charge in [-0.05, 0) is 29.2 Å². The first-order chi connectivity index (χ1) is 13.9. The Hall–Kier alpha value is -2.64. The highest BCUT2D eigenvalue weighted by Crippen LogP contribution is 2.24. The second-order valence-electron chi connectivity index (χ2n) is 6.78. The number of nitrogens with zero attached hydrogens (tertiary/aromatic N) is 4. The first-order valence-electron chi connectivity index (χ1n) is 9.14. The first-order valence-corrected chi connectivity index (χ1v) is 10.5. The van der Waals surface area contributed by atoms with E-state index in [1.165, 1.54) is 17.3 Å². The van der Waals surface area contributed by atoms with Gasteiger partial charge >= 0.3 is 0 Å². The summed E-state index contributed by atoms with van der Waals surface area (Å²) in [6.45, 7) is 4.30. The van der Waals surface area contributed by atoms with Crippen molar-refractivity contribution in [2.45, 2.75) is 24.9 Å². The molecule has 0 saturated heterocycles. The highest BCUT2D eigenvalue weighted by Gasteiger charge is 2.13. The van der Waals surface area contributed by atoms with Crippen LogP contribution in [0.5, 0.6) is 0 Å². The van der Waals surface area contributed by atoms with E-state index in [0.717, 1.165) is 11.1 Å². The van der Waals surface area contributed by atoms with Crippen LogP contribution in [-0.2, 0) is 11.8 Å². The summed E-state index contributed by atoms with van der Waals surface area (Å²) < 4.78 is 1.84. The summed E-state index contributed by atoms with van der Waals surface area (Å²) in [7, 11) is 1.86. The quantitative estimate of drug-likeness (QED) is 0.342. The van der Waals surface area contributed by atoms with E-state index in [-0.39, 0.29) is 11.7 Å². The number of amides is 1. The molecular formula is C21H22ClN5OS. The molecule has 3 rings (SSSR count). The van der Waals surface area contributed by atoms with E-state index >= 15 is 0 Å². The maximum absolute atomic E-state index is 12.1. The number of halogens is 1. The molecule has 1 N–H and O–H groups in total. The molecule has 0 aliphatic rings. The van der Waals surface area contributed by atoms with Crippen LogP contribution in [0.15, 0.2) is 58.8 Å². The molecule has 0 spiro atoms. The minimum absolute atomic E-state index is 0.186. The molecule has 0 fully saturated rings. The zero-order valence-corrected chi connectivity index (χ0v) is 18.0. The molecule has 29 heavy (non-hydrogen) atoms. The lowest BCUT2D eigenvalue weighted by Crippen LogP contribution is -2.19. The first kappa shape index (κ1) is 21.1. The number of rotatable bonds is 7. The molecule has 8 heteroatoms. The van der Waals surface area contributed by atoms with Crippen LogP contribution in [0.4, 0.5) is 0 Å². The van der Waals surface area contributed by atoms with E-state index in [4.69, 9.17) is 11.6 Å². The maximum Gasteiger partial charge on any atom is 0.250 e. The van der Waals surface area contributed by atoms with Gasteiger partial charge in [-0.25, -0.2) is 5.43 Å². The predicted molar refractivity (Wildman–Crippen MR) is 118 cm³/mol. The molecule has 0 aliphatic heterocycles. The van der Waals surface area contributed by atoms with Crippen LogP contribution in [0.1, 0.15) is 30.9 Å². The number of carbonyl (C=O) groups excluding carboxylic acids is 1. The Labute approximate surface area is 179 Å². The van der Waals surface area contributed by atoms with E-state index in [9.17, 15) is 4.79 Å². The minimum atomic E-state index is -0.211. The molecule has 0 bridgehead atoms. The lowest BCUT2D eigenvalue weighted by atomic mass is 10.0. The molecule has 0 aliphatic carbocycles. The molecule has 150 valence electrons. The Bertz CT molecular complexity index is 1010. The van der Waals surface area contributed by atoms with Crippen LogP contribution in [0.25, 0.3) is 11.4 Å². The van der Waals surface area contributed by atoms with Crippen molar-refractivity contribution >= 4 is 35.5 Å². The summed E-state index contributed by atoms with van der Waals surface area (Å²) in [4.78, 5) is 12.1. The van der Waals surface area contributed by atoms with Gasteiger partial charge in [-0.15, -0.1) is 10.2 Å². The van der Waals surface area contributed by atoms with Crippen molar-refractivity contribution in [2.75, 3.05) is 5.75 Å². The van der Waals surface area contributed by atoms with E-state index in [2.05, 4.69) is 46.7 Å². The van der Waals surface area contributed by atoms with Gasteiger partial charge in [0.2, 0.25) is 0 Å². The zero-order chi connectivity index (χ0) is 20.8. The molecule has 6 nitrogen and oxygen atoms in total. The number of thioether (sulfide) groups is 1. The molecule has 3 aromatic rings. The third-order valence-corrected chi connectivity index (χ3v) is 5.51. The highest BCUT2D eigenvalue weighted by atomic mass is 35.5. The number of hydrogen-bond acceptors (Lipinski definition) is 5. The summed E-state index contributed by atoms with van der Waals surface area (Å²) in [5, 5.41) is 13.7. The largest absolute Gasteiger partial charge is 0.305 e. The second-order valence-corrected chi connectivity index (χ2v) is 8.16. The predicted octanol–water partition coefficient (Wildman–Crippen LogP) is 4.50. The van der Waals surface area contributed by atoms with E-state index in [1.54, 1.807) is 12.3 Å². The Morgan fingerprint density at radius 2 is 2.00 bits per heavy atom.